The van der Waals surface area contributed by atoms with Gasteiger partial charge in [0.1, 0.15) is 23.2 Å². The van der Waals surface area contributed by atoms with Gasteiger partial charge in [-0.2, -0.15) is 0 Å². The third kappa shape index (κ3) is 3.45. The summed E-state index contributed by atoms with van der Waals surface area (Å²) in [6.07, 6.45) is 3.43. The molecule has 2 aromatic rings. The smallest absolute Gasteiger partial charge is 0.161 e. The Morgan fingerprint density at radius 3 is 2.62 bits per heavy atom. The minimum absolute atomic E-state index is 0.0660. The summed E-state index contributed by atoms with van der Waals surface area (Å²) in [5.74, 6) is 2.25. The Morgan fingerprint density at radius 1 is 1.25 bits per heavy atom. The highest BCUT2D eigenvalue weighted by molar-refractivity contribution is 7.89. The molecule has 0 bridgehead atoms. The molecule has 7 heteroatoms. The average molecular weight is 349 g/mol. The molecule has 0 radical (unpaired) electrons. The van der Waals surface area contributed by atoms with Crippen LogP contribution in [0, 0.1) is 6.92 Å². The van der Waals surface area contributed by atoms with Crippen LogP contribution in [0.5, 0.6) is 5.75 Å². The lowest BCUT2D eigenvalue weighted by molar-refractivity contribution is 0.391. The van der Waals surface area contributed by atoms with Crippen LogP contribution in [0.3, 0.4) is 0 Å². The number of sulfone groups is 1. The molecular weight excluding hydrogens is 326 g/mol. The number of nitrogens with zero attached hydrogens (tertiary/aromatic N) is 3. The van der Waals surface area contributed by atoms with Crippen molar-refractivity contribution in [3.63, 3.8) is 0 Å². The van der Waals surface area contributed by atoms with Gasteiger partial charge in [-0.3, -0.25) is 0 Å². The molecule has 1 aliphatic carbocycles. The van der Waals surface area contributed by atoms with Crippen LogP contribution >= 0.6 is 0 Å². The summed E-state index contributed by atoms with van der Waals surface area (Å²) in [6, 6.07) is 5.56. The zero-order chi connectivity index (χ0) is 17.3. The Morgan fingerprint density at radius 2 is 2.00 bits per heavy atom. The Balaban J connectivity index is 1.79. The molecule has 0 amide bonds. The van der Waals surface area contributed by atoms with E-state index in [1.807, 2.05) is 30.7 Å². The molecule has 1 aromatic heterocycles. The van der Waals surface area contributed by atoms with Crippen molar-refractivity contribution in [2.75, 3.05) is 7.11 Å². The summed E-state index contributed by atoms with van der Waals surface area (Å²) in [5.41, 5.74) is 1.69. The minimum atomic E-state index is -3.36. The zero-order valence-corrected chi connectivity index (χ0v) is 15.1. The third-order valence-corrected chi connectivity index (χ3v) is 6.08. The number of hydrogen-bond donors (Lipinski definition) is 0. The summed E-state index contributed by atoms with van der Waals surface area (Å²) in [7, 11) is 0.0389. The van der Waals surface area contributed by atoms with Gasteiger partial charge >= 0.3 is 0 Å². The molecule has 6 nitrogen and oxygen atoms in total. The molecule has 1 aliphatic rings. The lowest BCUT2D eigenvalue weighted by Gasteiger charge is -2.24. The first kappa shape index (κ1) is 17.0. The standard InChI is InChI=1S/C17H23N3O3S/c1-12-7-8-15(23-3)14(9-12)10-24(21,22)11-16-18-19-17(20(16)2)13-5-4-6-13/h7-9,13H,4-6,10-11H2,1-3H3. The highest BCUT2D eigenvalue weighted by atomic mass is 32.2. The van der Waals surface area contributed by atoms with E-state index in [1.165, 1.54) is 6.42 Å². The molecule has 0 aliphatic heterocycles. The fourth-order valence-electron chi connectivity index (χ4n) is 3.03. The molecule has 1 saturated carbocycles. The maximum atomic E-state index is 12.6. The number of benzene rings is 1. The fourth-order valence-corrected chi connectivity index (χ4v) is 4.47. The van der Waals surface area contributed by atoms with Gasteiger partial charge in [-0.05, 0) is 25.8 Å². The Kier molecular flexibility index (Phi) is 4.62. The van der Waals surface area contributed by atoms with Crippen LogP contribution in [-0.4, -0.2) is 30.3 Å². The van der Waals surface area contributed by atoms with Gasteiger partial charge < -0.3 is 9.30 Å². The van der Waals surface area contributed by atoms with E-state index in [2.05, 4.69) is 10.2 Å². The van der Waals surface area contributed by atoms with E-state index in [-0.39, 0.29) is 11.5 Å². The van der Waals surface area contributed by atoms with Gasteiger partial charge in [-0.25, -0.2) is 8.42 Å². The SMILES string of the molecule is COc1ccc(C)cc1CS(=O)(=O)Cc1nnc(C2CCC2)n1C. The molecular formula is C17H23N3O3S. The molecule has 0 saturated heterocycles. The predicted molar refractivity (Wildman–Crippen MR) is 91.7 cm³/mol. The molecule has 130 valence electrons. The number of hydrogen-bond acceptors (Lipinski definition) is 5. The number of aromatic nitrogens is 3. The first-order valence-electron chi connectivity index (χ1n) is 8.12. The molecule has 3 rings (SSSR count). The highest BCUT2D eigenvalue weighted by Crippen LogP contribution is 2.35. The molecule has 0 atom stereocenters. The van der Waals surface area contributed by atoms with Crippen molar-refractivity contribution in [3.8, 4) is 5.75 Å². The first-order chi connectivity index (χ1) is 11.4. The maximum absolute atomic E-state index is 12.6. The average Bonchev–Trinajstić information content (AvgIpc) is 2.78. The van der Waals surface area contributed by atoms with Gasteiger partial charge in [0, 0.05) is 18.5 Å². The summed E-state index contributed by atoms with van der Waals surface area (Å²) in [6.45, 7) is 1.93. The topological polar surface area (TPSA) is 74.1 Å². The van der Waals surface area contributed by atoms with E-state index in [9.17, 15) is 8.42 Å². The Bertz CT molecular complexity index is 839. The highest BCUT2D eigenvalue weighted by Gasteiger charge is 2.27. The Hall–Kier alpha value is -1.89. The summed E-state index contributed by atoms with van der Waals surface area (Å²) >= 11 is 0. The van der Waals surface area contributed by atoms with Gasteiger partial charge in [-0.15, -0.1) is 10.2 Å². The van der Waals surface area contributed by atoms with Crippen LogP contribution in [0.15, 0.2) is 18.2 Å². The van der Waals surface area contributed by atoms with Crippen molar-refractivity contribution in [2.24, 2.45) is 7.05 Å². The van der Waals surface area contributed by atoms with Crippen molar-refractivity contribution < 1.29 is 13.2 Å². The normalized spacial score (nSPS) is 15.3. The van der Waals surface area contributed by atoms with Crippen LogP contribution in [0.2, 0.25) is 0 Å². The first-order valence-corrected chi connectivity index (χ1v) is 9.94. The van der Waals surface area contributed by atoms with Crippen LogP contribution in [0.25, 0.3) is 0 Å². The van der Waals surface area contributed by atoms with Gasteiger partial charge in [-0.1, -0.05) is 24.1 Å². The van der Waals surface area contributed by atoms with Gasteiger partial charge in [0.25, 0.3) is 0 Å². The zero-order valence-electron chi connectivity index (χ0n) is 14.3. The summed E-state index contributed by atoms with van der Waals surface area (Å²) in [5, 5.41) is 8.31. The maximum Gasteiger partial charge on any atom is 0.161 e. The number of ether oxygens (including phenoxy) is 1. The van der Waals surface area contributed by atoms with Crippen LogP contribution in [-0.2, 0) is 28.4 Å². The molecule has 0 N–H and O–H groups in total. The van der Waals surface area contributed by atoms with Gasteiger partial charge in [0.15, 0.2) is 9.84 Å². The molecule has 0 unspecified atom stereocenters. The monoisotopic (exact) mass is 349 g/mol. The number of aryl methyl sites for hydroxylation is 1. The molecule has 0 spiro atoms. The molecule has 1 fully saturated rings. The second-order valence-electron chi connectivity index (χ2n) is 6.51. The molecule has 1 aromatic carbocycles. The Labute approximate surface area is 142 Å². The quantitative estimate of drug-likeness (QED) is 0.801. The van der Waals surface area contributed by atoms with Gasteiger partial charge in [0.2, 0.25) is 0 Å². The third-order valence-electron chi connectivity index (χ3n) is 4.63. The van der Waals surface area contributed by atoms with Crippen molar-refractivity contribution >= 4 is 9.84 Å². The van der Waals surface area contributed by atoms with Crippen molar-refractivity contribution in [1.29, 1.82) is 0 Å². The summed E-state index contributed by atoms with van der Waals surface area (Å²) in [4.78, 5) is 0. The van der Waals surface area contributed by atoms with E-state index >= 15 is 0 Å². The summed E-state index contributed by atoms with van der Waals surface area (Å²) < 4.78 is 32.4. The van der Waals surface area contributed by atoms with Gasteiger partial charge in [0.05, 0.1) is 12.9 Å². The fraction of sp³-hybridized carbons (Fsp3) is 0.529. The van der Waals surface area contributed by atoms with E-state index in [1.54, 1.807) is 13.2 Å². The van der Waals surface area contributed by atoms with E-state index in [4.69, 9.17) is 4.74 Å². The van der Waals surface area contributed by atoms with E-state index < -0.39 is 9.84 Å². The number of rotatable bonds is 6. The number of methoxy groups -OCH3 is 1. The largest absolute Gasteiger partial charge is 0.496 e. The van der Waals surface area contributed by atoms with E-state index in [0.717, 1.165) is 24.2 Å². The molecule has 24 heavy (non-hydrogen) atoms. The minimum Gasteiger partial charge on any atom is -0.496 e. The van der Waals surface area contributed by atoms with Crippen LogP contribution in [0.4, 0.5) is 0 Å². The van der Waals surface area contributed by atoms with Crippen LogP contribution in [0.1, 0.15) is 48.0 Å². The predicted octanol–water partition coefficient (Wildman–Crippen LogP) is 2.51. The van der Waals surface area contributed by atoms with E-state index in [0.29, 0.717) is 23.1 Å². The second kappa shape index (κ2) is 6.55. The van der Waals surface area contributed by atoms with Crippen molar-refractivity contribution in [1.82, 2.24) is 14.8 Å². The lowest BCUT2D eigenvalue weighted by Crippen LogP contribution is -2.16. The van der Waals surface area contributed by atoms with Crippen LogP contribution < -0.4 is 4.74 Å². The van der Waals surface area contributed by atoms with Crippen molar-refractivity contribution in [3.05, 3.63) is 41.0 Å². The lowest BCUT2D eigenvalue weighted by atomic mass is 9.85. The molecule has 1 heterocycles. The van der Waals surface area contributed by atoms with Crippen molar-refractivity contribution in [2.45, 2.75) is 43.6 Å². The second-order valence-corrected chi connectivity index (χ2v) is 8.57.